The fraction of sp³-hybridized carbons (Fsp3) is 0.389. The predicted octanol–water partition coefficient (Wildman–Crippen LogP) is 0.922. The summed E-state index contributed by atoms with van der Waals surface area (Å²) in [5, 5.41) is 7.13. The molecule has 0 radical (unpaired) electrons. The SMILES string of the molecule is COCCn1nc(C(=O)NC(CN(C)C)c2ccccc2)ccc1=O. The van der Waals surface area contributed by atoms with Gasteiger partial charge in [0, 0.05) is 19.7 Å². The molecule has 0 aliphatic heterocycles. The molecule has 0 bridgehead atoms. The first-order chi connectivity index (χ1) is 12.0. The number of nitrogens with one attached hydrogen (secondary N) is 1. The largest absolute Gasteiger partial charge is 0.383 e. The summed E-state index contributed by atoms with van der Waals surface area (Å²) < 4.78 is 6.20. The van der Waals surface area contributed by atoms with Crippen LogP contribution in [-0.4, -0.2) is 54.9 Å². The van der Waals surface area contributed by atoms with Gasteiger partial charge in [-0.1, -0.05) is 30.3 Å². The predicted molar refractivity (Wildman–Crippen MR) is 95.6 cm³/mol. The van der Waals surface area contributed by atoms with Crippen LogP contribution in [-0.2, 0) is 11.3 Å². The summed E-state index contributed by atoms with van der Waals surface area (Å²) in [5.74, 6) is -0.318. The molecule has 0 spiro atoms. The lowest BCUT2D eigenvalue weighted by molar-refractivity contribution is 0.0921. The van der Waals surface area contributed by atoms with E-state index in [4.69, 9.17) is 4.74 Å². The smallest absolute Gasteiger partial charge is 0.272 e. The Bertz CT molecular complexity index is 743. The number of methoxy groups -OCH3 is 1. The number of likely N-dealkylation sites (N-methyl/N-ethyl adjacent to an activating group) is 1. The first-order valence-corrected chi connectivity index (χ1v) is 8.09. The maximum absolute atomic E-state index is 12.6. The molecule has 134 valence electrons. The van der Waals surface area contributed by atoms with Gasteiger partial charge in [0.1, 0.15) is 5.69 Å². The second kappa shape index (κ2) is 9.10. The second-order valence-electron chi connectivity index (χ2n) is 5.97. The molecule has 1 aromatic heterocycles. The molecule has 7 nitrogen and oxygen atoms in total. The van der Waals surface area contributed by atoms with Gasteiger partial charge >= 0.3 is 0 Å². The summed E-state index contributed by atoms with van der Waals surface area (Å²) in [6.45, 7) is 1.31. The zero-order valence-corrected chi connectivity index (χ0v) is 14.8. The zero-order chi connectivity index (χ0) is 18.2. The lowest BCUT2D eigenvalue weighted by atomic mass is 10.1. The monoisotopic (exact) mass is 344 g/mol. The van der Waals surface area contributed by atoms with Gasteiger partial charge < -0.3 is 15.0 Å². The Balaban J connectivity index is 2.19. The average molecular weight is 344 g/mol. The third-order valence-corrected chi connectivity index (χ3v) is 3.66. The summed E-state index contributed by atoms with van der Waals surface area (Å²) in [7, 11) is 5.45. The van der Waals surface area contributed by atoms with E-state index in [9.17, 15) is 9.59 Å². The first-order valence-electron chi connectivity index (χ1n) is 8.09. The van der Waals surface area contributed by atoms with Crippen molar-refractivity contribution in [2.24, 2.45) is 0 Å². The van der Waals surface area contributed by atoms with E-state index in [1.54, 1.807) is 7.11 Å². The van der Waals surface area contributed by atoms with E-state index in [1.165, 1.54) is 16.8 Å². The molecular weight excluding hydrogens is 320 g/mol. The van der Waals surface area contributed by atoms with E-state index >= 15 is 0 Å². The summed E-state index contributed by atoms with van der Waals surface area (Å²) in [4.78, 5) is 26.4. The molecule has 0 aliphatic carbocycles. The van der Waals surface area contributed by atoms with Crippen molar-refractivity contribution < 1.29 is 9.53 Å². The number of carbonyl (C=O) groups excluding carboxylic acids is 1. The number of hydrogen-bond donors (Lipinski definition) is 1. The van der Waals surface area contributed by atoms with Crippen LogP contribution in [0.3, 0.4) is 0 Å². The number of ether oxygens (including phenoxy) is 1. The van der Waals surface area contributed by atoms with Crippen LogP contribution in [0.2, 0.25) is 0 Å². The lowest BCUT2D eigenvalue weighted by Gasteiger charge is -2.22. The number of rotatable bonds is 8. The number of amides is 1. The van der Waals surface area contributed by atoms with Gasteiger partial charge in [0.05, 0.1) is 19.2 Å². The van der Waals surface area contributed by atoms with Crippen LogP contribution in [0.15, 0.2) is 47.3 Å². The highest BCUT2D eigenvalue weighted by Crippen LogP contribution is 2.14. The highest BCUT2D eigenvalue weighted by atomic mass is 16.5. The van der Waals surface area contributed by atoms with Gasteiger partial charge in [-0.2, -0.15) is 5.10 Å². The van der Waals surface area contributed by atoms with Crippen molar-refractivity contribution in [1.29, 1.82) is 0 Å². The number of nitrogens with zero attached hydrogens (tertiary/aromatic N) is 3. The molecule has 1 atom stereocenters. The van der Waals surface area contributed by atoms with E-state index in [1.807, 2.05) is 49.3 Å². The van der Waals surface area contributed by atoms with Crippen molar-refractivity contribution >= 4 is 5.91 Å². The van der Waals surface area contributed by atoms with Crippen LogP contribution in [0.25, 0.3) is 0 Å². The highest BCUT2D eigenvalue weighted by Gasteiger charge is 2.18. The molecule has 1 unspecified atom stereocenters. The normalized spacial score (nSPS) is 12.2. The molecule has 0 saturated heterocycles. The summed E-state index contributed by atoms with van der Waals surface area (Å²) in [6.07, 6.45) is 0. The van der Waals surface area contributed by atoms with Crippen molar-refractivity contribution in [2.45, 2.75) is 12.6 Å². The Morgan fingerprint density at radius 1 is 1.24 bits per heavy atom. The Morgan fingerprint density at radius 2 is 1.96 bits per heavy atom. The molecule has 2 aromatic rings. The van der Waals surface area contributed by atoms with Crippen LogP contribution in [0, 0.1) is 0 Å². The molecule has 0 fully saturated rings. The van der Waals surface area contributed by atoms with Crippen molar-refractivity contribution in [3.63, 3.8) is 0 Å². The molecule has 25 heavy (non-hydrogen) atoms. The Hall–Kier alpha value is -2.51. The standard InChI is InChI=1S/C18H24N4O3/c1-21(2)13-16(14-7-5-4-6-8-14)19-18(24)15-9-10-17(23)22(20-15)11-12-25-3/h4-10,16H,11-13H2,1-3H3,(H,19,24). The minimum Gasteiger partial charge on any atom is -0.383 e. The van der Waals surface area contributed by atoms with Gasteiger partial charge in [-0.3, -0.25) is 9.59 Å². The number of aromatic nitrogens is 2. The third-order valence-electron chi connectivity index (χ3n) is 3.66. The molecule has 0 saturated carbocycles. The minimum absolute atomic E-state index is 0.176. The summed E-state index contributed by atoms with van der Waals surface area (Å²) in [5.41, 5.74) is 0.953. The van der Waals surface area contributed by atoms with E-state index in [2.05, 4.69) is 10.4 Å². The molecular formula is C18H24N4O3. The fourth-order valence-corrected chi connectivity index (χ4v) is 2.43. The number of hydrogen-bond acceptors (Lipinski definition) is 5. The number of carbonyl (C=O) groups is 1. The van der Waals surface area contributed by atoms with Gasteiger partial charge in [-0.15, -0.1) is 0 Å². The maximum atomic E-state index is 12.6. The van der Waals surface area contributed by atoms with Gasteiger partial charge in [-0.05, 0) is 25.7 Å². The van der Waals surface area contributed by atoms with Crippen LogP contribution < -0.4 is 10.9 Å². The van der Waals surface area contributed by atoms with Crippen LogP contribution >= 0.6 is 0 Å². The second-order valence-corrected chi connectivity index (χ2v) is 5.97. The third kappa shape index (κ3) is 5.51. The van der Waals surface area contributed by atoms with E-state index in [0.717, 1.165) is 5.56 Å². The van der Waals surface area contributed by atoms with Gasteiger partial charge in [0.2, 0.25) is 0 Å². The maximum Gasteiger partial charge on any atom is 0.272 e. The first kappa shape index (κ1) is 18.8. The van der Waals surface area contributed by atoms with Gasteiger partial charge in [-0.25, -0.2) is 4.68 Å². The zero-order valence-electron chi connectivity index (χ0n) is 14.8. The topological polar surface area (TPSA) is 76.5 Å². The molecule has 0 aliphatic rings. The average Bonchev–Trinajstić information content (AvgIpc) is 2.60. The van der Waals surface area contributed by atoms with Crippen molar-refractivity contribution in [3.8, 4) is 0 Å². The van der Waals surface area contributed by atoms with Crippen LogP contribution in [0.1, 0.15) is 22.1 Å². The van der Waals surface area contributed by atoms with Crippen molar-refractivity contribution in [3.05, 3.63) is 64.1 Å². The molecule has 1 aromatic carbocycles. The Kier molecular flexibility index (Phi) is 6.85. The molecule has 1 N–H and O–H groups in total. The van der Waals surface area contributed by atoms with Gasteiger partial charge in [0.15, 0.2) is 0 Å². The Morgan fingerprint density at radius 3 is 2.60 bits per heavy atom. The van der Waals surface area contributed by atoms with Crippen LogP contribution in [0.5, 0.6) is 0 Å². The van der Waals surface area contributed by atoms with Crippen LogP contribution in [0.4, 0.5) is 0 Å². The lowest BCUT2D eigenvalue weighted by Crippen LogP contribution is -2.37. The molecule has 7 heteroatoms. The van der Waals surface area contributed by atoms with Crippen molar-refractivity contribution in [2.75, 3.05) is 34.4 Å². The quantitative estimate of drug-likeness (QED) is 0.771. The summed E-state index contributed by atoms with van der Waals surface area (Å²) >= 11 is 0. The summed E-state index contributed by atoms with van der Waals surface area (Å²) in [6, 6.07) is 12.4. The van der Waals surface area contributed by atoms with Crippen molar-refractivity contribution in [1.82, 2.24) is 20.0 Å². The minimum atomic E-state index is -0.318. The molecule has 2 rings (SSSR count). The highest BCUT2D eigenvalue weighted by molar-refractivity contribution is 5.92. The Labute approximate surface area is 147 Å². The number of benzene rings is 1. The molecule has 1 amide bonds. The van der Waals surface area contributed by atoms with E-state index < -0.39 is 0 Å². The van der Waals surface area contributed by atoms with E-state index in [-0.39, 0.29) is 23.2 Å². The van der Waals surface area contributed by atoms with E-state index in [0.29, 0.717) is 19.7 Å². The molecule has 1 heterocycles. The van der Waals surface area contributed by atoms with Gasteiger partial charge in [0.25, 0.3) is 11.5 Å². The fourth-order valence-electron chi connectivity index (χ4n) is 2.43.